The van der Waals surface area contributed by atoms with E-state index >= 15 is 0 Å². The number of carbonyl (C=O) groups excluding carboxylic acids is 4. The van der Waals surface area contributed by atoms with Crippen LogP contribution in [0.15, 0.2) is 0 Å². The number of nitrogens with one attached hydrogen (secondary N) is 4. The van der Waals surface area contributed by atoms with Crippen molar-refractivity contribution in [2.45, 2.75) is 328 Å². The van der Waals surface area contributed by atoms with Crippen molar-refractivity contribution in [2.75, 3.05) is 80.3 Å². The van der Waals surface area contributed by atoms with Gasteiger partial charge in [0.25, 0.3) is 0 Å². The molecule has 0 spiro atoms. The molecule has 712 valence electrons. The highest BCUT2D eigenvalue weighted by atomic mass is 16.8. The third-order valence-electron chi connectivity index (χ3n) is 22.6. The zero-order valence-electron chi connectivity index (χ0n) is 66.7. The second kappa shape index (κ2) is 44.8. The van der Waals surface area contributed by atoms with Gasteiger partial charge in [0, 0.05) is 41.9 Å². The van der Waals surface area contributed by atoms with Crippen LogP contribution in [0.3, 0.4) is 0 Å². The van der Waals surface area contributed by atoms with E-state index in [1.165, 1.54) is 0 Å². The number of ether oxygens (including phenoxy) is 21. The minimum atomic E-state index is -2.52. The van der Waals surface area contributed by atoms with Crippen LogP contribution in [0.5, 0.6) is 0 Å². The molecule has 0 bridgehead atoms. The predicted octanol–water partition coefficient (Wildman–Crippen LogP) is -20.3. The van der Waals surface area contributed by atoms with Gasteiger partial charge in [0.2, 0.25) is 23.6 Å². The van der Waals surface area contributed by atoms with Crippen molar-refractivity contribution in [1.82, 2.24) is 21.3 Å². The van der Waals surface area contributed by atoms with Crippen LogP contribution in [0, 0.1) is 0 Å². The highest BCUT2D eigenvalue weighted by Gasteiger charge is 2.62. The molecule has 10 aliphatic rings. The Morgan fingerprint density at radius 2 is 0.577 bits per heavy atom. The molecular weight excluding hydrogens is 1680 g/mol. The van der Waals surface area contributed by atoms with Crippen molar-refractivity contribution in [2.24, 2.45) is 0 Å². The van der Waals surface area contributed by atoms with Crippen molar-refractivity contribution in [3.63, 3.8) is 0 Å². The Hall–Kier alpha value is -3.96. The smallest absolute Gasteiger partial charge is 0.217 e. The lowest BCUT2D eigenvalue weighted by Gasteiger charge is -2.52. The van der Waals surface area contributed by atoms with Crippen LogP contribution in [0.2, 0.25) is 0 Å². The minimum absolute atomic E-state index is 0.797. The fraction of sp³-hybridized carbons (Fsp3) is 0.942. The van der Waals surface area contributed by atoms with E-state index in [-0.39, 0.29) is 0 Å². The van der Waals surface area contributed by atoms with Crippen molar-refractivity contribution in [3.05, 3.63) is 0 Å². The van der Waals surface area contributed by atoms with Gasteiger partial charge < -0.3 is 248 Å². The zero-order chi connectivity index (χ0) is 90.3. The molecule has 0 aromatic rings. The van der Waals surface area contributed by atoms with E-state index in [0.717, 1.165) is 41.9 Å². The zero-order valence-corrected chi connectivity index (χ0v) is 66.7. The van der Waals surface area contributed by atoms with E-state index in [1.54, 1.807) is 0 Å². The largest absolute Gasteiger partial charge is 0.394 e. The number of hydrogen-bond donors (Lipinski definition) is 29. The summed E-state index contributed by atoms with van der Waals surface area (Å²) in [4.78, 5) is 52.2. The third kappa shape index (κ3) is 22.6. The van der Waals surface area contributed by atoms with E-state index in [0.29, 0.717) is 0 Å². The van der Waals surface area contributed by atoms with Gasteiger partial charge in [0.15, 0.2) is 62.9 Å². The highest BCUT2D eigenvalue weighted by molar-refractivity contribution is 5.74. The lowest BCUT2D eigenvalue weighted by Crippen LogP contribution is -2.72. The van der Waals surface area contributed by atoms with Crippen LogP contribution in [-0.4, -0.2) is 532 Å². The molecule has 49 atom stereocenters. The summed E-state index contributed by atoms with van der Waals surface area (Å²) in [5.41, 5.74) is 0. The molecule has 0 aromatic carbocycles. The van der Waals surface area contributed by atoms with Crippen LogP contribution >= 0.6 is 0 Å². The lowest BCUT2D eigenvalue weighted by atomic mass is 9.93. The summed E-state index contributed by atoms with van der Waals surface area (Å²) in [6.07, 6.45) is -92.6. The van der Waals surface area contributed by atoms with Crippen LogP contribution in [0.4, 0.5) is 0 Å². The average Bonchev–Trinajstić information content (AvgIpc) is 0.759. The van der Waals surface area contributed by atoms with Crippen molar-refractivity contribution < 1.29 is 246 Å². The summed E-state index contributed by atoms with van der Waals surface area (Å²) >= 11 is 0. The van der Waals surface area contributed by atoms with Gasteiger partial charge >= 0.3 is 0 Å². The van der Waals surface area contributed by atoms with Gasteiger partial charge in [0.1, 0.15) is 238 Å². The molecule has 54 heteroatoms. The Morgan fingerprint density at radius 1 is 0.260 bits per heavy atom. The van der Waals surface area contributed by atoms with Gasteiger partial charge in [-0.25, -0.2) is 0 Å². The van der Waals surface area contributed by atoms with Gasteiger partial charge in [-0.1, -0.05) is 0 Å². The second-order valence-electron chi connectivity index (χ2n) is 31.0. The SMILES string of the molecule is CO[C@H]1[C@@H](O)[C@@H](CO)O[C@@H](OC[C@H]2O[C@@H](O[C@H]3[C@H](O)[C@@H](NC(C)=O)[C@H](O[C@@H]4[C@@H](O[C@H]5[C@H](O)[C@@H](CO[C@H]6O[C@H](CO)[C@@H](O)[C@H](O)[C@@H]6O)O[C@@H](O[C@H]6[C@H](O)[C@@H](NC(C)=O)[C@H](O[C@H]7[C@H](O)[C@@H](NC(C)=O)[C@H](O)O[C@@H]7CO)O[C@@H]6CO)[C@H]5O[C@@H]5OC[C@@H](O)[C@H](O)[C@H]5O)O[C@H](CO)[C@@H](O)[C@@H]4O)O[C@@H]3CO)[C@H](NC(C)=O)[C@@H](O[C@@H]3O[C@H](CO)[C@H](OC)[C@H](O)[C@H]3O)[C@H]2O)[C@@H]1O. The predicted molar refractivity (Wildman–Crippen MR) is 380 cm³/mol. The quantitative estimate of drug-likeness (QED) is 0.0290. The number of amides is 4. The Balaban J connectivity index is 1.01. The van der Waals surface area contributed by atoms with Gasteiger partial charge in [-0.15, -0.1) is 0 Å². The van der Waals surface area contributed by atoms with Crippen LogP contribution in [0.1, 0.15) is 27.7 Å². The number of hydrogen-bond acceptors (Lipinski definition) is 50. The van der Waals surface area contributed by atoms with Crippen LogP contribution < -0.4 is 21.3 Å². The molecule has 0 radical (unpaired) electrons. The number of rotatable bonds is 33. The number of aliphatic hydroxyl groups excluding tert-OH is 25. The summed E-state index contributed by atoms with van der Waals surface area (Å²) < 4.78 is 126. The first kappa shape index (κ1) is 101. The van der Waals surface area contributed by atoms with E-state index in [2.05, 4.69) is 21.3 Å². The molecule has 10 heterocycles. The van der Waals surface area contributed by atoms with Gasteiger partial charge in [-0.05, 0) is 0 Å². The minimum Gasteiger partial charge on any atom is -0.394 e. The van der Waals surface area contributed by atoms with Crippen molar-refractivity contribution in [1.29, 1.82) is 0 Å². The molecular formula is C69H116N4O50. The molecule has 4 amide bonds. The molecule has 0 aromatic heterocycles. The summed E-state index contributed by atoms with van der Waals surface area (Å²) in [6, 6.07) is -7.69. The maximum absolute atomic E-state index is 13.5. The average molecular weight is 1800 g/mol. The first-order valence-corrected chi connectivity index (χ1v) is 39.3. The maximum atomic E-state index is 13.5. The summed E-state index contributed by atoms with van der Waals surface area (Å²) in [5, 5.41) is 291. The molecule has 0 aliphatic carbocycles. The topological polar surface area (TPSA) is 816 Å². The first-order chi connectivity index (χ1) is 58.3. The molecule has 0 unspecified atom stereocenters. The molecule has 10 fully saturated rings. The standard InChI is InChI=1S/C69H116N4O50/c1-17(81)70-31-41(92)52(26(11-78)108-60(31)102)117-61-32(71-18(2)82)43(94)54(28(13-80)112-61)119-69-59(123-65-47(98)35(86)21(85)14-105-65)57(40(91)30(116-69)16-106-64-48(99)44(95)36(87)22(7-74)109-64)121-68-58(45(96)37(88)23(8-75)111-68)122-62-33(72-19(3)83)42(93)53(27(12-79)113-62)118-63-34(73-20(4)84)55(120-67-49(100)46(97)51(103-5)25(10-77)114-67)39(90)29(115-63)15-107-66-50(101)56(104-6)38(89)24(9-76)110-66/h21-69,74-80,85-102H,7-16H2,1-6H3,(H,70,81)(H,71,82)(H,72,83)(H,73,84)/t21-,22-,23-,24-,25-,26-,27-,28-,29-,30-,31-,32-,33-,34-,35+,36-,37-,38+,39+,40-,41-,42-,43-,44+,45+,46-,47-,48+,49-,50-,51+,52-,53-,54-,55-,56+,57+,58+,59+,60-,61+,62+,63+,64+,65+,66-,67+,68-,69+/m1/s1. The molecule has 10 saturated heterocycles. The third-order valence-corrected chi connectivity index (χ3v) is 22.6. The van der Waals surface area contributed by atoms with Crippen molar-refractivity contribution in [3.8, 4) is 0 Å². The molecule has 0 saturated carbocycles. The highest BCUT2D eigenvalue weighted by Crippen LogP contribution is 2.42. The first-order valence-electron chi connectivity index (χ1n) is 39.3. The van der Waals surface area contributed by atoms with Gasteiger partial charge in [-0.3, -0.25) is 19.2 Å². The summed E-state index contributed by atoms with van der Waals surface area (Å²) in [5.74, 6) is -3.75. The summed E-state index contributed by atoms with van der Waals surface area (Å²) in [7, 11) is 2.22. The molecule has 123 heavy (non-hydrogen) atoms. The lowest BCUT2D eigenvalue weighted by molar-refractivity contribution is -0.411. The van der Waals surface area contributed by atoms with Crippen LogP contribution in [-0.2, 0) is 119 Å². The Bertz CT molecular complexity index is 3290. The fourth-order valence-electron chi connectivity index (χ4n) is 16.1. The fourth-order valence-corrected chi connectivity index (χ4v) is 16.1. The number of methoxy groups -OCH3 is 2. The Labute approximate surface area is 698 Å². The maximum Gasteiger partial charge on any atom is 0.217 e. The Morgan fingerprint density at radius 3 is 1.07 bits per heavy atom. The molecule has 54 nitrogen and oxygen atoms in total. The monoisotopic (exact) mass is 1800 g/mol. The normalized spacial score (nSPS) is 48.8. The molecule has 10 aliphatic heterocycles. The number of aliphatic hydroxyl groups is 25. The van der Waals surface area contributed by atoms with E-state index in [4.69, 9.17) is 99.5 Å². The van der Waals surface area contributed by atoms with E-state index in [1.807, 2.05) is 0 Å². The van der Waals surface area contributed by atoms with Crippen LogP contribution in [0.25, 0.3) is 0 Å². The second-order valence-corrected chi connectivity index (χ2v) is 31.0. The van der Waals surface area contributed by atoms with E-state index in [9.17, 15) is 147 Å². The summed E-state index contributed by atoms with van der Waals surface area (Å²) in [6.45, 7) is -6.62. The molecule has 10 rings (SSSR count). The van der Waals surface area contributed by atoms with Crippen molar-refractivity contribution >= 4 is 23.6 Å². The van der Waals surface area contributed by atoms with E-state index < -0.39 is 390 Å². The van der Waals surface area contributed by atoms with Gasteiger partial charge in [0.05, 0.1) is 66.1 Å². The molecule has 29 N–H and O–H groups in total. The Kier molecular flexibility index (Phi) is 36.8. The number of carbonyl (C=O) groups is 4. The van der Waals surface area contributed by atoms with Gasteiger partial charge in [-0.2, -0.15) is 0 Å².